The zero-order valence-corrected chi connectivity index (χ0v) is 8.89. The number of hydrogen-bond acceptors (Lipinski definition) is 3. The molecule has 0 fully saturated rings. The minimum atomic E-state index is 0.609. The molecule has 1 aromatic heterocycles. The minimum absolute atomic E-state index is 0.609. The Morgan fingerprint density at radius 2 is 2.14 bits per heavy atom. The van der Waals surface area contributed by atoms with Gasteiger partial charge in [0, 0.05) is 0 Å². The number of benzene rings is 1. The third kappa shape index (κ3) is 1.93. The summed E-state index contributed by atoms with van der Waals surface area (Å²) < 4.78 is 5.52. The Bertz CT molecular complexity index is 423. The van der Waals surface area contributed by atoms with Gasteiger partial charge in [-0.25, -0.2) is 0 Å². The van der Waals surface area contributed by atoms with Crippen molar-refractivity contribution in [2.45, 2.75) is 13.8 Å². The molecular weight excluding hydrogens is 194 g/mol. The summed E-state index contributed by atoms with van der Waals surface area (Å²) in [6.07, 6.45) is 0. The van der Waals surface area contributed by atoms with Crippen LogP contribution in [-0.4, -0.2) is 4.98 Å². The lowest BCUT2D eigenvalue weighted by molar-refractivity contribution is 0.466. The fourth-order valence-electron chi connectivity index (χ4n) is 1.12. The van der Waals surface area contributed by atoms with Crippen LogP contribution in [0.3, 0.4) is 0 Å². The molecule has 0 aliphatic heterocycles. The van der Waals surface area contributed by atoms with Crippen molar-refractivity contribution in [3.05, 3.63) is 40.2 Å². The summed E-state index contributed by atoms with van der Waals surface area (Å²) in [5.74, 6) is 1.44. The number of thiazole rings is 1. The van der Waals surface area contributed by atoms with E-state index in [9.17, 15) is 0 Å². The first-order chi connectivity index (χ1) is 6.75. The van der Waals surface area contributed by atoms with E-state index in [0.717, 1.165) is 5.75 Å². The van der Waals surface area contributed by atoms with Gasteiger partial charge in [-0.1, -0.05) is 6.07 Å². The summed E-state index contributed by atoms with van der Waals surface area (Å²) >= 11 is 1.41. The molecule has 0 saturated heterocycles. The number of aryl methyl sites for hydroxylation is 2. The van der Waals surface area contributed by atoms with Crippen LogP contribution >= 0.6 is 11.3 Å². The van der Waals surface area contributed by atoms with E-state index in [2.05, 4.69) is 24.3 Å². The molecule has 2 rings (SSSR count). The van der Waals surface area contributed by atoms with E-state index in [-0.39, 0.29) is 0 Å². The van der Waals surface area contributed by atoms with Crippen molar-refractivity contribution in [2.75, 3.05) is 0 Å². The van der Waals surface area contributed by atoms with Crippen LogP contribution in [0.2, 0.25) is 0 Å². The van der Waals surface area contributed by atoms with Crippen LogP contribution in [0.5, 0.6) is 11.6 Å². The highest BCUT2D eigenvalue weighted by molar-refractivity contribution is 7.07. The van der Waals surface area contributed by atoms with Gasteiger partial charge < -0.3 is 4.74 Å². The normalized spacial score (nSPS) is 10.1. The van der Waals surface area contributed by atoms with Gasteiger partial charge in [-0.2, -0.15) is 4.98 Å². The van der Waals surface area contributed by atoms with Crippen LogP contribution < -0.4 is 4.74 Å². The third-order valence-electron chi connectivity index (χ3n) is 2.07. The third-order valence-corrected chi connectivity index (χ3v) is 2.59. The van der Waals surface area contributed by atoms with E-state index in [4.69, 9.17) is 4.74 Å². The molecule has 14 heavy (non-hydrogen) atoms. The molecule has 0 amide bonds. The zero-order chi connectivity index (χ0) is 9.97. The first-order valence-corrected chi connectivity index (χ1v) is 5.20. The Morgan fingerprint density at radius 1 is 1.29 bits per heavy atom. The first kappa shape index (κ1) is 9.21. The van der Waals surface area contributed by atoms with E-state index < -0.39 is 0 Å². The molecule has 71 valence electrons. The fourth-order valence-corrected chi connectivity index (χ4v) is 1.52. The van der Waals surface area contributed by atoms with Crippen molar-refractivity contribution < 1.29 is 4.74 Å². The van der Waals surface area contributed by atoms with E-state index in [1.165, 1.54) is 22.5 Å². The Morgan fingerprint density at radius 3 is 2.79 bits per heavy atom. The van der Waals surface area contributed by atoms with Gasteiger partial charge in [0.25, 0.3) is 0 Å². The SMILES string of the molecule is Cc1ccc(Oc2cs[c]n2)cc1C. The van der Waals surface area contributed by atoms with Gasteiger partial charge in [-0.05, 0) is 37.1 Å². The van der Waals surface area contributed by atoms with Gasteiger partial charge in [0.2, 0.25) is 5.88 Å². The summed E-state index contributed by atoms with van der Waals surface area (Å²) in [6, 6.07) is 6.00. The highest BCUT2D eigenvalue weighted by Gasteiger charge is 2.00. The number of rotatable bonds is 2. The molecule has 0 bridgehead atoms. The highest BCUT2D eigenvalue weighted by Crippen LogP contribution is 2.22. The van der Waals surface area contributed by atoms with Crippen LogP contribution in [0.4, 0.5) is 0 Å². The van der Waals surface area contributed by atoms with Crippen molar-refractivity contribution in [1.82, 2.24) is 4.98 Å². The fraction of sp³-hybridized carbons (Fsp3) is 0.182. The van der Waals surface area contributed by atoms with Gasteiger partial charge in [0.05, 0.1) is 5.38 Å². The Kier molecular flexibility index (Phi) is 2.50. The molecule has 3 heteroatoms. The highest BCUT2D eigenvalue weighted by atomic mass is 32.1. The first-order valence-electron chi connectivity index (χ1n) is 4.32. The topological polar surface area (TPSA) is 22.1 Å². The molecule has 0 aliphatic rings. The zero-order valence-electron chi connectivity index (χ0n) is 8.07. The van der Waals surface area contributed by atoms with Gasteiger partial charge in [0.1, 0.15) is 5.75 Å². The molecule has 0 atom stereocenters. The summed E-state index contributed by atoms with van der Waals surface area (Å²) in [4.78, 5) is 3.93. The Labute approximate surface area is 87.2 Å². The summed E-state index contributed by atoms with van der Waals surface area (Å²) in [7, 11) is 0. The predicted octanol–water partition coefficient (Wildman–Crippen LogP) is 3.35. The number of ether oxygens (including phenoxy) is 1. The van der Waals surface area contributed by atoms with E-state index >= 15 is 0 Å². The molecule has 0 aliphatic carbocycles. The number of hydrogen-bond donors (Lipinski definition) is 0. The van der Waals surface area contributed by atoms with Gasteiger partial charge in [-0.15, -0.1) is 11.3 Å². The maximum Gasteiger partial charge on any atom is 0.230 e. The quantitative estimate of drug-likeness (QED) is 0.748. The maximum absolute atomic E-state index is 5.52. The smallest absolute Gasteiger partial charge is 0.230 e. The predicted molar refractivity (Wildman–Crippen MR) is 56.9 cm³/mol. The number of aromatic nitrogens is 1. The molecule has 0 spiro atoms. The lowest BCUT2D eigenvalue weighted by Crippen LogP contribution is -1.86. The minimum Gasteiger partial charge on any atom is -0.438 e. The van der Waals surface area contributed by atoms with E-state index in [1.807, 2.05) is 23.6 Å². The van der Waals surface area contributed by atoms with Crippen LogP contribution in [0, 0.1) is 19.4 Å². The van der Waals surface area contributed by atoms with Crippen LogP contribution in [0.25, 0.3) is 0 Å². The van der Waals surface area contributed by atoms with Crippen LogP contribution in [0.15, 0.2) is 23.6 Å². The van der Waals surface area contributed by atoms with Gasteiger partial charge >= 0.3 is 0 Å². The Balaban J connectivity index is 2.22. The molecule has 0 unspecified atom stereocenters. The molecule has 2 aromatic rings. The molecule has 1 heterocycles. The van der Waals surface area contributed by atoms with E-state index in [0.29, 0.717) is 5.88 Å². The van der Waals surface area contributed by atoms with Gasteiger partial charge in [-0.3, -0.25) is 0 Å². The molecule has 0 N–H and O–H groups in total. The monoisotopic (exact) mass is 204 g/mol. The van der Waals surface area contributed by atoms with Crippen molar-refractivity contribution in [2.24, 2.45) is 0 Å². The average Bonchev–Trinajstić information content (AvgIpc) is 2.64. The standard InChI is InChI=1S/C11H10NOS/c1-8-3-4-10(5-9(8)2)13-11-6-14-7-12-11/h3-6H,1-2H3. The Hall–Kier alpha value is -1.35. The maximum atomic E-state index is 5.52. The lowest BCUT2D eigenvalue weighted by atomic mass is 10.1. The largest absolute Gasteiger partial charge is 0.438 e. The van der Waals surface area contributed by atoms with Crippen molar-refractivity contribution >= 4 is 11.3 Å². The van der Waals surface area contributed by atoms with Gasteiger partial charge in [0.15, 0.2) is 5.51 Å². The van der Waals surface area contributed by atoms with Crippen LogP contribution in [-0.2, 0) is 0 Å². The molecule has 1 aromatic carbocycles. The molecule has 1 radical (unpaired) electrons. The second kappa shape index (κ2) is 3.80. The summed E-state index contributed by atoms with van der Waals surface area (Å²) in [6.45, 7) is 4.14. The lowest BCUT2D eigenvalue weighted by Gasteiger charge is -2.04. The average molecular weight is 204 g/mol. The molecular formula is C11H10NOS. The van der Waals surface area contributed by atoms with E-state index in [1.54, 1.807) is 0 Å². The van der Waals surface area contributed by atoms with Crippen molar-refractivity contribution in [1.29, 1.82) is 0 Å². The molecule has 2 nitrogen and oxygen atoms in total. The second-order valence-corrected chi connectivity index (χ2v) is 3.78. The van der Waals surface area contributed by atoms with Crippen molar-refractivity contribution in [3.8, 4) is 11.6 Å². The second-order valence-electron chi connectivity index (χ2n) is 3.13. The number of nitrogens with zero attached hydrogens (tertiary/aromatic N) is 1. The summed E-state index contributed by atoms with van der Waals surface area (Å²) in [5.41, 5.74) is 5.23. The van der Waals surface area contributed by atoms with Crippen molar-refractivity contribution in [3.63, 3.8) is 0 Å². The van der Waals surface area contributed by atoms with Crippen LogP contribution in [0.1, 0.15) is 11.1 Å². The molecule has 0 saturated carbocycles. The summed E-state index contributed by atoms with van der Waals surface area (Å²) in [5, 5.41) is 1.83.